The van der Waals surface area contributed by atoms with E-state index in [1.54, 1.807) is 0 Å². The average Bonchev–Trinajstić information content (AvgIpc) is 3.29. The lowest BCUT2D eigenvalue weighted by Gasteiger charge is -2.18. The van der Waals surface area contributed by atoms with E-state index in [9.17, 15) is 0 Å². The molecule has 0 aliphatic rings. The first-order chi connectivity index (χ1) is 18.0. The molecule has 0 unspecified atom stereocenters. The first-order valence-corrected chi connectivity index (χ1v) is 13.0. The van der Waals surface area contributed by atoms with Gasteiger partial charge in [-0.3, -0.25) is 0 Å². The van der Waals surface area contributed by atoms with Gasteiger partial charge in [0.1, 0.15) is 11.2 Å². The van der Waals surface area contributed by atoms with Gasteiger partial charge in [0.15, 0.2) is 0 Å². The molecule has 0 saturated heterocycles. The zero-order valence-electron chi connectivity index (χ0n) is 21.4. The summed E-state index contributed by atoms with van der Waals surface area (Å²) in [6.07, 6.45) is 0. The first-order valence-electron chi connectivity index (χ1n) is 13.0. The molecule has 0 amide bonds. The second-order valence-electron chi connectivity index (χ2n) is 11.0. The van der Waals surface area contributed by atoms with Gasteiger partial charge in [-0.25, -0.2) is 0 Å². The Bertz CT molecular complexity index is 1890. The summed E-state index contributed by atoms with van der Waals surface area (Å²) in [6.45, 7) is 6.73. The predicted molar refractivity (Wildman–Crippen MR) is 158 cm³/mol. The van der Waals surface area contributed by atoms with Crippen LogP contribution in [0.4, 0.5) is 0 Å². The maximum Gasteiger partial charge on any atom is 0.139 e. The Morgan fingerprint density at radius 1 is 0.459 bits per heavy atom. The molecule has 6 aromatic carbocycles. The molecule has 0 spiro atoms. The quantitative estimate of drug-likeness (QED) is 0.226. The highest BCUT2D eigenvalue weighted by molar-refractivity contribution is 6.22. The fourth-order valence-electron chi connectivity index (χ4n) is 5.90. The highest BCUT2D eigenvalue weighted by atomic mass is 16.3. The van der Waals surface area contributed by atoms with E-state index in [4.69, 9.17) is 4.42 Å². The van der Waals surface area contributed by atoms with E-state index in [0.717, 1.165) is 11.2 Å². The van der Waals surface area contributed by atoms with Gasteiger partial charge in [-0.1, -0.05) is 124 Å². The number of rotatable bonds is 2. The summed E-state index contributed by atoms with van der Waals surface area (Å²) >= 11 is 0. The van der Waals surface area contributed by atoms with Crippen molar-refractivity contribution in [2.45, 2.75) is 26.2 Å². The molecule has 0 radical (unpaired) electrons. The predicted octanol–water partition coefficient (Wildman–Crippen LogP) is 10.5. The largest absolute Gasteiger partial charge is 0.456 e. The van der Waals surface area contributed by atoms with Crippen LogP contribution in [0, 0.1) is 0 Å². The van der Waals surface area contributed by atoms with Crippen LogP contribution in [-0.4, -0.2) is 0 Å². The number of furan rings is 1. The van der Waals surface area contributed by atoms with Crippen LogP contribution in [0.2, 0.25) is 0 Å². The van der Waals surface area contributed by atoms with Crippen molar-refractivity contribution in [3.8, 4) is 22.3 Å². The van der Waals surface area contributed by atoms with Crippen LogP contribution < -0.4 is 0 Å². The summed E-state index contributed by atoms with van der Waals surface area (Å²) in [5.74, 6) is 0. The van der Waals surface area contributed by atoms with Crippen LogP contribution >= 0.6 is 0 Å². The van der Waals surface area contributed by atoms with Gasteiger partial charge in [0, 0.05) is 16.3 Å². The molecule has 0 aliphatic heterocycles. The Kier molecular flexibility index (Phi) is 4.78. The molecular formula is C36H28O. The third-order valence-electron chi connectivity index (χ3n) is 7.59. The fourth-order valence-corrected chi connectivity index (χ4v) is 5.90. The Labute approximate surface area is 217 Å². The summed E-state index contributed by atoms with van der Waals surface area (Å²) in [6, 6.07) is 41.6. The molecule has 0 atom stereocenters. The van der Waals surface area contributed by atoms with Crippen LogP contribution in [-0.2, 0) is 5.41 Å². The first kappa shape index (κ1) is 21.9. The molecule has 1 nitrogen and oxygen atoms in total. The molecular weight excluding hydrogens is 448 g/mol. The molecule has 7 aromatic rings. The second kappa shape index (κ2) is 8.08. The van der Waals surface area contributed by atoms with Gasteiger partial charge in [-0.2, -0.15) is 0 Å². The molecule has 7 rings (SSSR count). The van der Waals surface area contributed by atoms with E-state index in [1.165, 1.54) is 60.1 Å². The minimum absolute atomic E-state index is 0.00981. The van der Waals surface area contributed by atoms with Gasteiger partial charge in [0.2, 0.25) is 0 Å². The maximum atomic E-state index is 6.45. The van der Waals surface area contributed by atoms with Crippen LogP contribution in [0.15, 0.2) is 120 Å². The highest BCUT2D eigenvalue weighted by Gasteiger charge is 2.21. The lowest BCUT2D eigenvalue weighted by Crippen LogP contribution is -2.10. The van der Waals surface area contributed by atoms with Crippen LogP contribution in [0.25, 0.3) is 65.7 Å². The van der Waals surface area contributed by atoms with Crippen molar-refractivity contribution in [3.63, 3.8) is 0 Å². The second-order valence-corrected chi connectivity index (χ2v) is 11.0. The number of hydrogen-bond acceptors (Lipinski definition) is 1. The monoisotopic (exact) mass is 476 g/mol. The molecule has 0 N–H and O–H groups in total. The molecule has 0 aliphatic carbocycles. The van der Waals surface area contributed by atoms with Crippen LogP contribution in [0.5, 0.6) is 0 Å². The van der Waals surface area contributed by atoms with Crippen molar-refractivity contribution in [1.82, 2.24) is 0 Å². The molecule has 1 heteroatoms. The maximum absolute atomic E-state index is 6.45. The van der Waals surface area contributed by atoms with Crippen molar-refractivity contribution in [1.29, 1.82) is 0 Å². The third-order valence-corrected chi connectivity index (χ3v) is 7.59. The molecule has 0 fully saturated rings. The Morgan fingerprint density at radius 2 is 1.00 bits per heavy atom. The molecule has 178 valence electrons. The Morgan fingerprint density at radius 3 is 1.59 bits per heavy atom. The summed E-state index contributed by atoms with van der Waals surface area (Å²) in [7, 11) is 0. The number of para-hydroxylation sites is 1. The lowest BCUT2D eigenvalue weighted by molar-refractivity contribution is 0.573. The average molecular weight is 477 g/mol. The number of fused-ring (bicyclic) bond motifs is 5. The van der Waals surface area contributed by atoms with E-state index in [0.29, 0.717) is 0 Å². The minimum atomic E-state index is 0.00981. The third kappa shape index (κ3) is 3.38. The van der Waals surface area contributed by atoms with E-state index in [1.807, 2.05) is 0 Å². The van der Waals surface area contributed by atoms with E-state index < -0.39 is 0 Å². The van der Waals surface area contributed by atoms with Crippen molar-refractivity contribution < 1.29 is 4.42 Å². The number of hydrogen-bond donors (Lipinski definition) is 0. The molecule has 0 saturated carbocycles. The zero-order valence-corrected chi connectivity index (χ0v) is 21.4. The van der Waals surface area contributed by atoms with Crippen LogP contribution in [0.1, 0.15) is 26.3 Å². The zero-order chi connectivity index (χ0) is 25.1. The fraction of sp³-hybridized carbons (Fsp3) is 0.111. The highest BCUT2D eigenvalue weighted by Crippen LogP contribution is 2.45. The van der Waals surface area contributed by atoms with E-state index >= 15 is 0 Å². The normalized spacial score (nSPS) is 12.2. The summed E-state index contributed by atoms with van der Waals surface area (Å²) in [5, 5.41) is 7.42. The van der Waals surface area contributed by atoms with Crippen LogP contribution in [0.3, 0.4) is 0 Å². The summed E-state index contributed by atoms with van der Waals surface area (Å²) in [4.78, 5) is 0. The van der Waals surface area contributed by atoms with Crippen molar-refractivity contribution in [2.24, 2.45) is 0 Å². The molecule has 0 bridgehead atoms. The SMILES string of the molecule is CC(C)(C)c1cccc2c1oc1ccc(-c3c4ccccc4c(-c4ccccc4)c4ccccc34)cc12. The minimum Gasteiger partial charge on any atom is -0.456 e. The van der Waals surface area contributed by atoms with Gasteiger partial charge >= 0.3 is 0 Å². The van der Waals surface area contributed by atoms with Gasteiger partial charge < -0.3 is 4.42 Å². The van der Waals surface area contributed by atoms with Crippen molar-refractivity contribution in [3.05, 3.63) is 121 Å². The Hall–Kier alpha value is -4.36. The van der Waals surface area contributed by atoms with Crippen molar-refractivity contribution >= 4 is 43.5 Å². The molecule has 1 heterocycles. The Balaban J connectivity index is 1.58. The molecule has 1 aromatic heterocycles. The smallest absolute Gasteiger partial charge is 0.139 e. The van der Waals surface area contributed by atoms with Gasteiger partial charge in [0.05, 0.1) is 0 Å². The van der Waals surface area contributed by atoms with Gasteiger partial charge in [0.25, 0.3) is 0 Å². The number of benzene rings is 6. The van der Waals surface area contributed by atoms with Crippen molar-refractivity contribution in [2.75, 3.05) is 0 Å². The summed E-state index contributed by atoms with van der Waals surface area (Å²) in [5.41, 5.74) is 8.20. The van der Waals surface area contributed by atoms with Gasteiger partial charge in [-0.15, -0.1) is 0 Å². The van der Waals surface area contributed by atoms with Gasteiger partial charge in [-0.05, 0) is 61.3 Å². The summed E-state index contributed by atoms with van der Waals surface area (Å²) < 4.78 is 6.45. The topological polar surface area (TPSA) is 13.1 Å². The lowest BCUT2D eigenvalue weighted by atomic mass is 9.85. The standard InChI is InChI=1S/C36H28O/c1-36(2,3)31-19-11-18-29-30-22-24(20-21-32(30)37-35(29)31)34-27-16-9-7-14-25(27)33(23-12-5-4-6-13-23)26-15-8-10-17-28(26)34/h4-22H,1-3H3. The molecule has 37 heavy (non-hydrogen) atoms. The van der Waals surface area contributed by atoms with E-state index in [-0.39, 0.29) is 5.41 Å². The van der Waals surface area contributed by atoms with E-state index in [2.05, 4.69) is 136 Å².